The Bertz CT molecular complexity index is 1140. The van der Waals surface area contributed by atoms with Crippen LogP contribution >= 0.6 is 11.3 Å². The molecule has 3 heterocycles. The summed E-state index contributed by atoms with van der Waals surface area (Å²) in [4.78, 5) is 45.9. The van der Waals surface area contributed by atoms with Gasteiger partial charge in [0.05, 0.1) is 46.8 Å². The van der Waals surface area contributed by atoms with E-state index >= 15 is 0 Å². The molecule has 7 atom stereocenters. The molecule has 0 saturated carbocycles. The molecule has 41 heavy (non-hydrogen) atoms. The molecule has 2 aliphatic heterocycles. The van der Waals surface area contributed by atoms with Gasteiger partial charge >= 0.3 is 12.1 Å². The van der Waals surface area contributed by atoms with Crippen molar-refractivity contribution in [1.82, 2.24) is 9.88 Å². The Morgan fingerprint density at radius 2 is 1.85 bits per heavy atom. The van der Waals surface area contributed by atoms with Gasteiger partial charge in [0.1, 0.15) is 17.5 Å². The number of esters is 1. The largest absolute Gasteiger partial charge is 0.458 e. The van der Waals surface area contributed by atoms with Crippen LogP contribution in [0.5, 0.6) is 0 Å². The van der Waals surface area contributed by atoms with Gasteiger partial charge in [-0.1, -0.05) is 34.1 Å². The number of cyclic esters (lactones) is 1. The summed E-state index contributed by atoms with van der Waals surface area (Å²) < 4.78 is 11.6. The normalized spacial score (nSPS) is 32.2. The summed E-state index contributed by atoms with van der Waals surface area (Å²) in [6.45, 7) is 16.1. The van der Waals surface area contributed by atoms with E-state index in [1.165, 1.54) is 11.3 Å². The number of Topliss-reactive ketones (excluding diaryl/α,β-unsaturated/α-hetero) is 1. The summed E-state index contributed by atoms with van der Waals surface area (Å²) in [6, 6.07) is -0.292. The quantitative estimate of drug-likeness (QED) is 0.350. The molecule has 0 aromatic carbocycles. The van der Waals surface area contributed by atoms with Crippen molar-refractivity contribution in [2.45, 2.75) is 130 Å². The van der Waals surface area contributed by atoms with Crippen LogP contribution in [0.1, 0.15) is 98.2 Å². The van der Waals surface area contributed by atoms with Gasteiger partial charge in [-0.25, -0.2) is 9.78 Å². The molecule has 0 spiro atoms. The van der Waals surface area contributed by atoms with Gasteiger partial charge in [0.2, 0.25) is 0 Å². The zero-order valence-electron chi connectivity index (χ0n) is 26.0. The van der Waals surface area contributed by atoms with Crippen molar-refractivity contribution in [3.8, 4) is 0 Å². The van der Waals surface area contributed by atoms with Crippen LogP contribution in [-0.2, 0) is 19.1 Å². The van der Waals surface area contributed by atoms with Crippen molar-refractivity contribution in [3.63, 3.8) is 0 Å². The van der Waals surface area contributed by atoms with Gasteiger partial charge in [-0.15, -0.1) is 11.3 Å². The van der Waals surface area contributed by atoms with E-state index in [-0.39, 0.29) is 30.2 Å². The molecule has 2 saturated heterocycles. The Hall–Kier alpha value is -2.30. The lowest BCUT2D eigenvalue weighted by molar-refractivity contribution is -0.154. The van der Waals surface area contributed by atoms with Gasteiger partial charge in [0.15, 0.2) is 0 Å². The minimum Gasteiger partial charge on any atom is -0.458 e. The van der Waals surface area contributed by atoms with Gasteiger partial charge < -0.3 is 19.7 Å². The second kappa shape index (κ2) is 12.9. The van der Waals surface area contributed by atoms with E-state index < -0.39 is 47.3 Å². The fourth-order valence-electron chi connectivity index (χ4n) is 5.68. The maximum atomic E-state index is 13.4. The number of aliphatic hydroxyl groups excluding tert-OH is 2. The maximum absolute atomic E-state index is 13.4. The molecular formula is C31H48N2O7S. The molecule has 1 aromatic rings. The summed E-state index contributed by atoms with van der Waals surface area (Å²) in [5.41, 5.74) is -0.380. The van der Waals surface area contributed by atoms with E-state index in [0.717, 1.165) is 22.7 Å². The van der Waals surface area contributed by atoms with Gasteiger partial charge in [-0.05, 0) is 65.0 Å². The summed E-state index contributed by atoms with van der Waals surface area (Å²) >= 11 is 1.52. The maximum Gasteiger partial charge on any atom is 0.410 e. The number of rotatable bonds is 2. The summed E-state index contributed by atoms with van der Waals surface area (Å²) in [7, 11) is 0. The van der Waals surface area contributed by atoms with E-state index in [1.54, 1.807) is 25.7 Å². The van der Waals surface area contributed by atoms with Crippen LogP contribution in [0.25, 0.3) is 6.08 Å². The summed E-state index contributed by atoms with van der Waals surface area (Å²) in [5.74, 6) is -1.81. The number of nitrogens with zero attached hydrogens (tertiary/aromatic N) is 2. The molecular weight excluding hydrogens is 544 g/mol. The molecule has 0 bridgehead atoms. The first kappa shape index (κ1) is 33.2. The Morgan fingerprint density at radius 3 is 2.44 bits per heavy atom. The van der Waals surface area contributed by atoms with Crippen molar-refractivity contribution >= 4 is 35.3 Å². The summed E-state index contributed by atoms with van der Waals surface area (Å²) in [5, 5.41) is 24.8. The topological polar surface area (TPSA) is 126 Å². The molecule has 0 radical (unpaired) electrons. The van der Waals surface area contributed by atoms with Gasteiger partial charge in [0, 0.05) is 17.7 Å². The number of hydrogen-bond acceptors (Lipinski definition) is 9. The minimum absolute atomic E-state index is 0.0961. The molecule has 2 N–H and O–H groups in total. The number of hydrogen-bond donors (Lipinski definition) is 2. The van der Waals surface area contributed by atoms with E-state index in [4.69, 9.17) is 9.47 Å². The lowest BCUT2D eigenvalue weighted by Crippen LogP contribution is -2.45. The number of fused-ring (bicyclic) bond motifs is 1. The molecule has 1 aromatic heterocycles. The number of aromatic nitrogens is 1. The number of carbonyl (C=O) groups excluding carboxylic acids is 3. The molecule has 1 amide bonds. The molecule has 2 fully saturated rings. The first-order chi connectivity index (χ1) is 18.9. The highest BCUT2D eigenvalue weighted by Gasteiger charge is 2.53. The second-order valence-corrected chi connectivity index (χ2v) is 14.5. The highest BCUT2D eigenvalue weighted by molar-refractivity contribution is 7.09. The third kappa shape index (κ3) is 8.38. The van der Waals surface area contributed by atoms with Crippen LogP contribution in [0.4, 0.5) is 4.79 Å². The Labute approximate surface area is 248 Å². The van der Waals surface area contributed by atoms with Crippen LogP contribution in [-0.4, -0.2) is 73.9 Å². The van der Waals surface area contributed by atoms with Crippen LogP contribution in [0.3, 0.4) is 0 Å². The lowest BCUT2D eigenvalue weighted by Gasteiger charge is -2.34. The van der Waals surface area contributed by atoms with Gasteiger partial charge in [0.25, 0.3) is 0 Å². The monoisotopic (exact) mass is 592 g/mol. The number of ether oxygens (including phenoxy) is 2. The standard InChI is InChI=1S/C31H48N2O7S/c1-17-11-10-12-22-23(33(22)29(38)40-30(5,6)7)14-24(18(2)13-21-16-41-20(4)32-21)39-26(35)15-25(34)31(8,9)28(37)19(3)27(17)36/h13,16-17,19,22-25,27,34,36H,10-12,14-15H2,1-9H3/b18-13+/t17?,19?,22-,23+,24?,25?,27+,33?/m1/s1. The second-order valence-electron chi connectivity index (χ2n) is 13.4. The van der Waals surface area contributed by atoms with Crippen LogP contribution in [0.15, 0.2) is 11.0 Å². The predicted octanol–water partition coefficient (Wildman–Crippen LogP) is 5.31. The Kier molecular flexibility index (Phi) is 10.5. The Morgan fingerprint density at radius 1 is 1.20 bits per heavy atom. The zero-order chi connectivity index (χ0) is 30.9. The SMILES string of the molecule is C/C(=C\c1csc(C)n1)C1C[C@H]2[C@@H](CCCC(C)[C@H](O)C(C)C(=O)C(C)(C)C(O)CC(=O)O1)N2C(=O)OC(C)(C)C. The molecule has 3 rings (SSSR count). The number of amides is 1. The zero-order valence-corrected chi connectivity index (χ0v) is 26.8. The van der Waals surface area contributed by atoms with Crippen molar-refractivity contribution in [1.29, 1.82) is 0 Å². The van der Waals surface area contributed by atoms with Crippen molar-refractivity contribution in [2.75, 3.05) is 0 Å². The Balaban J connectivity index is 1.94. The average Bonchev–Trinajstić information content (AvgIpc) is 3.39. The number of aryl methyl sites for hydroxylation is 1. The van der Waals surface area contributed by atoms with E-state index in [1.807, 2.05) is 53.0 Å². The molecule has 0 aliphatic carbocycles. The van der Waals surface area contributed by atoms with E-state index in [0.29, 0.717) is 19.3 Å². The van der Waals surface area contributed by atoms with Crippen LogP contribution < -0.4 is 0 Å². The highest BCUT2D eigenvalue weighted by Crippen LogP contribution is 2.40. The number of carbonyl (C=O) groups is 3. The van der Waals surface area contributed by atoms with Gasteiger partial charge in [-0.2, -0.15) is 0 Å². The third-order valence-electron chi connectivity index (χ3n) is 8.42. The minimum atomic E-state index is -1.29. The van der Waals surface area contributed by atoms with Crippen LogP contribution in [0.2, 0.25) is 0 Å². The molecule has 2 aliphatic rings. The molecule has 4 unspecified atom stereocenters. The van der Waals surface area contributed by atoms with Crippen molar-refractivity contribution in [3.05, 3.63) is 21.7 Å². The lowest BCUT2D eigenvalue weighted by atomic mass is 9.73. The molecule has 230 valence electrons. The number of aliphatic hydroxyl groups is 2. The smallest absolute Gasteiger partial charge is 0.410 e. The molecule has 10 heteroatoms. The van der Waals surface area contributed by atoms with Crippen LogP contribution in [0, 0.1) is 24.2 Å². The first-order valence-corrected chi connectivity index (χ1v) is 15.5. The highest BCUT2D eigenvalue weighted by atomic mass is 32.1. The summed E-state index contributed by atoms with van der Waals surface area (Å²) in [6.07, 6.45) is 0.730. The van der Waals surface area contributed by atoms with Crippen molar-refractivity contribution in [2.24, 2.45) is 17.3 Å². The number of ketones is 1. The first-order valence-electron chi connectivity index (χ1n) is 14.6. The predicted molar refractivity (Wildman–Crippen MR) is 158 cm³/mol. The number of thiazole rings is 1. The fourth-order valence-corrected chi connectivity index (χ4v) is 6.25. The van der Waals surface area contributed by atoms with E-state index in [9.17, 15) is 24.6 Å². The third-order valence-corrected chi connectivity index (χ3v) is 9.21. The van der Waals surface area contributed by atoms with Crippen molar-refractivity contribution < 1.29 is 34.1 Å². The van der Waals surface area contributed by atoms with E-state index in [2.05, 4.69) is 4.98 Å². The molecule has 9 nitrogen and oxygen atoms in total. The fraction of sp³-hybridized carbons (Fsp3) is 0.742. The average molecular weight is 593 g/mol. The van der Waals surface area contributed by atoms with Gasteiger partial charge in [-0.3, -0.25) is 14.5 Å².